The number of carbonyl (C=O) groups excluding carboxylic acids is 1. The number of nitrogen functional groups attached to an aromatic ring is 1. The molecular weight excluding hydrogens is 230 g/mol. The van der Waals surface area contributed by atoms with Gasteiger partial charge >= 0.3 is 0 Å². The minimum atomic E-state index is -0.0631. The van der Waals surface area contributed by atoms with Crippen molar-refractivity contribution < 1.29 is 9.53 Å². The number of amides is 1. The SMILES string of the molecule is Cc1cc(N)c(C(=O)N(C)C2CCOCC2)cn1. The summed E-state index contributed by atoms with van der Waals surface area (Å²) in [6.45, 7) is 3.28. The molecule has 0 unspecified atom stereocenters. The van der Waals surface area contributed by atoms with Crippen LogP contribution in [0.25, 0.3) is 0 Å². The van der Waals surface area contributed by atoms with Gasteiger partial charge in [-0.2, -0.15) is 0 Å². The minimum Gasteiger partial charge on any atom is -0.398 e. The van der Waals surface area contributed by atoms with Crippen LogP contribution in [0.3, 0.4) is 0 Å². The van der Waals surface area contributed by atoms with Crippen molar-refractivity contribution in [1.82, 2.24) is 9.88 Å². The summed E-state index contributed by atoms with van der Waals surface area (Å²) in [6, 6.07) is 1.96. The smallest absolute Gasteiger partial charge is 0.257 e. The fourth-order valence-corrected chi connectivity index (χ4v) is 2.19. The van der Waals surface area contributed by atoms with Gasteiger partial charge in [0.1, 0.15) is 0 Å². The first-order chi connectivity index (χ1) is 8.59. The molecular formula is C13H19N3O2. The number of pyridine rings is 1. The van der Waals surface area contributed by atoms with E-state index in [1.807, 2.05) is 14.0 Å². The first-order valence-corrected chi connectivity index (χ1v) is 6.16. The first-order valence-electron chi connectivity index (χ1n) is 6.16. The van der Waals surface area contributed by atoms with Gasteiger partial charge in [0, 0.05) is 43.9 Å². The van der Waals surface area contributed by atoms with Crippen molar-refractivity contribution in [2.24, 2.45) is 0 Å². The number of anilines is 1. The van der Waals surface area contributed by atoms with E-state index in [4.69, 9.17) is 10.5 Å². The Morgan fingerprint density at radius 1 is 1.50 bits per heavy atom. The van der Waals surface area contributed by atoms with Crippen LogP contribution < -0.4 is 5.73 Å². The number of hydrogen-bond acceptors (Lipinski definition) is 4. The van der Waals surface area contributed by atoms with E-state index >= 15 is 0 Å². The average Bonchev–Trinajstić information content (AvgIpc) is 2.38. The second-order valence-electron chi connectivity index (χ2n) is 4.67. The summed E-state index contributed by atoms with van der Waals surface area (Å²) in [6.07, 6.45) is 3.31. The van der Waals surface area contributed by atoms with Gasteiger partial charge in [-0.15, -0.1) is 0 Å². The minimum absolute atomic E-state index is 0.0631. The number of ether oxygens (including phenoxy) is 1. The molecule has 1 amide bonds. The molecule has 0 bridgehead atoms. The van der Waals surface area contributed by atoms with Crippen LogP contribution >= 0.6 is 0 Å². The van der Waals surface area contributed by atoms with Crippen molar-refractivity contribution in [2.45, 2.75) is 25.8 Å². The second-order valence-corrected chi connectivity index (χ2v) is 4.67. The maximum Gasteiger partial charge on any atom is 0.257 e. The number of rotatable bonds is 2. The lowest BCUT2D eigenvalue weighted by Crippen LogP contribution is -2.40. The maximum atomic E-state index is 12.3. The normalized spacial score (nSPS) is 16.6. The molecule has 2 heterocycles. The summed E-state index contributed by atoms with van der Waals surface area (Å²) < 4.78 is 5.30. The monoisotopic (exact) mass is 249 g/mol. The molecule has 0 atom stereocenters. The van der Waals surface area contributed by atoms with Crippen LogP contribution in [0.1, 0.15) is 28.9 Å². The van der Waals surface area contributed by atoms with E-state index in [0.717, 1.165) is 18.5 Å². The van der Waals surface area contributed by atoms with E-state index in [-0.39, 0.29) is 11.9 Å². The molecule has 1 saturated heterocycles. The third-order valence-electron chi connectivity index (χ3n) is 3.36. The Labute approximate surface area is 107 Å². The Balaban J connectivity index is 2.14. The fourth-order valence-electron chi connectivity index (χ4n) is 2.19. The topological polar surface area (TPSA) is 68.5 Å². The highest BCUT2D eigenvalue weighted by Crippen LogP contribution is 2.18. The van der Waals surface area contributed by atoms with Crippen molar-refractivity contribution in [1.29, 1.82) is 0 Å². The van der Waals surface area contributed by atoms with Gasteiger partial charge in [-0.3, -0.25) is 9.78 Å². The van der Waals surface area contributed by atoms with Crippen molar-refractivity contribution in [3.63, 3.8) is 0 Å². The molecule has 1 aromatic heterocycles. The molecule has 0 spiro atoms. The molecule has 1 fully saturated rings. The zero-order valence-corrected chi connectivity index (χ0v) is 10.8. The van der Waals surface area contributed by atoms with Crippen LogP contribution in [-0.4, -0.2) is 42.1 Å². The lowest BCUT2D eigenvalue weighted by atomic mass is 10.1. The molecule has 5 heteroatoms. The van der Waals surface area contributed by atoms with Gasteiger partial charge in [0.05, 0.1) is 5.56 Å². The average molecular weight is 249 g/mol. The molecule has 1 aliphatic heterocycles. The predicted molar refractivity (Wildman–Crippen MR) is 69.3 cm³/mol. The molecule has 2 rings (SSSR count). The molecule has 18 heavy (non-hydrogen) atoms. The van der Waals surface area contributed by atoms with Crippen LogP contribution in [-0.2, 0) is 4.74 Å². The van der Waals surface area contributed by atoms with Gasteiger partial charge in [0.2, 0.25) is 0 Å². The van der Waals surface area contributed by atoms with E-state index in [1.54, 1.807) is 17.2 Å². The summed E-state index contributed by atoms with van der Waals surface area (Å²) >= 11 is 0. The highest BCUT2D eigenvalue weighted by Gasteiger charge is 2.24. The van der Waals surface area contributed by atoms with Gasteiger partial charge < -0.3 is 15.4 Å². The summed E-state index contributed by atoms with van der Waals surface area (Å²) in [4.78, 5) is 18.2. The second kappa shape index (κ2) is 5.35. The van der Waals surface area contributed by atoms with Crippen molar-refractivity contribution >= 4 is 11.6 Å². The number of hydrogen-bond donors (Lipinski definition) is 1. The lowest BCUT2D eigenvalue weighted by molar-refractivity contribution is 0.0362. The van der Waals surface area contributed by atoms with Crippen LogP contribution in [0.4, 0.5) is 5.69 Å². The van der Waals surface area contributed by atoms with Gasteiger partial charge in [0.25, 0.3) is 5.91 Å². The van der Waals surface area contributed by atoms with Crippen LogP contribution in [0, 0.1) is 6.92 Å². The molecule has 5 nitrogen and oxygen atoms in total. The summed E-state index contributed by atoms with van der Waals surface area (Å²) in [5.41, 5.74) is 7.67. The molecule has 0 saturated carbocycles. The Morgan fingerprint density at radius 2 is 2.17 bits per heavy atom. The third kappa shape index (κ3) is 2.61. The largest absolute Gasteiger partial charge is 0.398 e. The number of aromatic nitrogens is 1. The molecule has 1 aromatic rings. The third-order valence-corrected chi connectivity index (χ3v) is 3.36. The molecule has 1 aliphatic rings. The van der Waals surface area contributed by atoms with Crippen LogP contribution in [0.2, 0.25) is 0 Å². The summed E-state index contributed by atoms with van der Waals surface area (Å²) in [5.74, 6) is -0.0631. The van der Waals surface area contributed by atoms with Gasteiger partial charge in [-0.1, -0.05) is 0 Å². The molecule has 0 aromatic carbocycles. The van der Waals surface area contributed by atoms with Crippen molar-refractivity contribution in [3.8, 4) is 0 Å². The number of aryl methyl sites for hydroxylation is 1. The first kappa shape index (κ1) is 12.8. The maximum absolute atomic E-state index is 12.3. The quantitative estimate of drug-likeness (QED) is 0.855. The summed E-state index contributed by atoms with van der Waals surface area (Å²) in [7, 11) is 1.82. The highest BCUT2D eigenvalue weighted by atomic mass is 16.5. The Morgan fingerprint density at radius 3 is 2.78 bits per heavy atom. The van der Waals surface area contributed by atoms with Crippen LogP contribution in [0.15, 0.2) is 12.3 Å². The summed E-state index contributed by atoms with van der Waals surface area (Å²) in [5, 5.41) is 0. The number of nitrogens with two attached hydrogens (primary N) is 1. The Kier molecular flexibility index (Phi) is 3.81. The fraction of sp³-hybridized carbons (Fsp3) is 0.538. The molecule has 2 N–H and O–H groups in total. The predicted octanol–water partition coefficient (Wildman–Crippen LogP) is 1.22. The van der Waals surface area contributed by atoms with E-state index in [2.05, 4.69) is 4.98 Å². The molecule has 98 valence electrons. The zero-order valence-electron chi connectivity index (χ0n) is 10.8. The van der Waals surface area contributed by atoms with Crippen molar-refractivity contribution in [2.75, 3.05) is 26.0 Å². The molecule has 0 aliphatic carbocycles. The number of carbonyl (C=O) groups is 1. The van der Waals surface area contributed by atoms with Gasteiger partial charge in [0.15, 0.2) is 0 Å². The van der Waals surface area contributed by atoms with Gasteiger partial charge in [-0.05, 0) is 25.8 Å². The highest BCUT2D eigenvalue weighted by molar-refractivity contribution is 5.98. The van der Waals surface area contributed by atoms with Crippen LogP contribution in [0.5, 0.6) is 0 Å². The zero-order chi connectivity index (χ0) is 13.1. The Bertz CT molecular complexity index is 442. The van der Waals surface area contributed by atoms with Crippen molar-refractivity contribution in [3.05, 3.63) is 23.5 Å². The molecule has 0 radical (unpaired) electrons. The Hall–Kier alpha value is -1.62. The van der Waals surface area contributed by atoms with E-state index < -0.39 is 0 Å². The lowest BCUT2D eigenvalue weighted by Gasteiger charge is -2.31. The number of nitrogens with zero attached hydrogens (tertiary/aromatic N) is 2. The standard InChI is InChI=1S/C13H19N3O2/c1-9-7-12(14)11(8-15-9)13(17)16(2)10-3-5-18-6-4-10/h7-8,10H,3-6H2,1-2H3,(H2,14,15). The van der Waals surface area contributed by atoms with E-state index in [9.17, 15) is 4.79 Å². The van der Waals surface area contributed by atoms with Gasteiger partial charge in [-0.25, -0.2) is 0 Å². The van der Waals surface area contributed by atoms with E-state index in [1.165, 1.54) is 0 Å². The van der Waals surface area contributed by atoms with E-state index in [0.29, 0.717) is 24.5 Å².